The molecule has 0 radical (unpaired) electrons. The Hall–Kier alpha value is -2.97. The Morgan fingerprint density at radius 1 is 1.10 bits per heavy atom. The molecular formula is C21H22N2O5S. The Labute approximate surface area is 169 Å². The Bertz CT molecular complexity index is 1110. The van der Waals surface area contributed by atoms with Gasteiger partial charge in [-0.1, -0.05) is 48.5 Å². The lowest BCUT2D eigenvalue weighted by Gasteiger charge is -2.07. The molecule has 0 bridgehead atoms. The van der Waals surface area contributed by atoms with Crippen molar-refractivity contribution < 1.29 is 22.8 Å². The van der Waals surface area contributed by atoms with E-state index in [9.17, 15) is 13.2 Å². The summed E-state index contributed by atoms with van der Waals surface area (Å²) in [5, 5.41) is 9.71. The van der Waals surface area contributed by atoms with Crippen LogP contribution in [0.25, 0.3) is 22.6 Å². The molecule has 0 saturated heterocycles. The van der Waals surface area contributed by atoms with Gasteiger partial charge in [0.2, 0.25) is 5.91 Å². The molecule has 0 aliphatic heterocycles. The number of rotatable bonds is 7. The molecule has 0 unspecified atom stereocenters. The van der Waals surface area contributed by atoms with Crippen LogP contribution in [0.1, 0.15) is 18.7 Å². The smallest absolute Gasteiger partial charge is 0.245 e. The van der Waals surface area contributed by atoms with Crippen molar-refractivity contribution in [3.63, 3.8) is 0 Å². The molecule has 1 aromatic heterocycles. The fraction of sp³-hybridized carbons (Fsp3) is 0.238. The number of hydrogen-bond donors (Lipinski definition) is 1. The number of nitrogens with zero attached hydrogens (tertiary/aromatic N) is 2. The maximum atomic E-state index is 12.3. The molecule has 0 aliphatic rings. The van der Waals surface area contributed by atoms with Gasteiger partial charge in [-0.05, 0) is 12.5 Å². The number of hydrogen-bond acceptors (Lipinski definition) is 6. The Kier molecular flexibility index (Phi) is 6.14. The van der Waals surface area contributed by atoms with E-state index in [0.717, 1.165) is 11.8 Å². The third kappa shape index (κ3) is 4.90. The van der Waals surface area contributed by atoms with Crippen LogP contribution in [0.15, 0.2) is 63.9 Å². The molecule has 8 heteroatoms. The van der Waals surface area contributed by atoms with E-state index in [1.54, 1.807) is 24.3 Å². The van der Waals surface area contributed by atoms with E-state index in [2.05, 4.69) is 4.98 Å². The summed E-state index contributed by atoms with van der Waals surface area (Å²) < 4.78 is 30.5. The first-order valence-corrected chi connectivity index (χ1v) is 11.0. The topological polar surface area (TPSA) is 101 Å². The van der Waals surface area contributed by atoms with Gasteiger partial charge in [0.15, 0.2) is 21.5 Å². The van der Waals surface area contributed by atoms with Gasteiger partial charge in [0.05, 0.1) is 4.90 Å². The summed E-state index contributed by atoms with van der Waals surface area (Å²) in [6.45, 7) is 0. The van der Waals surface area contributed by atoms with Crippen molar-refractivity contribution >= 4 is 15.7 Å². The van der Waals surface area contributed by atoms with Crippen LogP contribution in [0.3, 0.4) is 0 Å². The lowest BCUT2D eigenvalue weighted by molar-refractivity contribution is -0.159. The lowest BCUT2D eigenvalue weighted by atomic mass is 10.1. The van der Waals surface area contributed by atoms with E-state index >= 15 is 0 Å². The third-order valence-corrected chi connectivity index (χ3v) is 5.55. The van der Waals surface area contributed by atoms with Crippen LogP contribution in [0.5, 0.6) is 0 Å². The number of carbonyl (C=O) groups is 1. The van der Waals surface area contributed by atoms with E-state index in [1.165, 1.54) is 7.05 Å². The Morgan fingerprint density at radius 2 is 1.76 bits per heavy atom. The number of amides is 1. The molecule has 0 spiro atoms. The molecular weight excluding hydrogens is 392 g/mol. The number of aryl methyl sites for hydroxylation is 1. The first-order valence-electron chi connectivity index (χ1n) is 9.07. The van der Waals surface area contributed by atoms with Crippen LogP contribution in [0.4, 0.5) is 0 Å². The molecule has 152 valence electrons. The summed E-state index contributed by atoms with van der Waals surface area (Å²) in [7, 11) is -2.19. The molecule has 29 heavy (non-hydrogen) atoms. The molecule has 0 aliphatic carbocycles. The van der Waals surface area contributed by atoms with Crippen molar-refractivity contribution in [3.05, 3.63) is 60.5 Å². The number of benzene rings is 2. The quantitative estimate of drug-likeness (QED) is 0.468. The van der Waals surface area contributed by atoms with Gasteiger partial charge in [-0.2, -0.15) is 0 Å². The van der Waals surface area contributed by atoms with Crippen molar-refractivity contribution in [2.75, 3.05) is 13.3 Å². The normalized spacial score (nSPS) is 11.4. The average Bonchev–Trinajstić information content (AvgIpc) is 3.12. The van der Waals surface area contributed by atoms with Crippen LogP contribution in [-0.4, -0.2) is 42.9 Å². The van der Waals surface area contributed by atoms with E-state index in [-0.39, 0.29) is 11.3 Å². The van der Waals surface area contributed by atoms with Crippen molar-refractivity contribution in [3.8, 4) is 22.6 Å². The number of hydroxylamine groups is 2. The van der Waals surface area contributed by atoms with E-state index in [1.807, 2.05) is 30.3 Å². The van der Waals surface area contributed by atoms with Gasteiger partial charge in [0, 0.05) is 37.3 Å². The second-order valence-corrected chi connectivity index (χ2v) is 8.67. The van der Waals surface area contributed by atoms with E-state index in [4.69, 9.17) is 9.62 Å². The first kappa shape index (κ1) is 20.8. The van der Waals surface area contributed by atoms with Crippen LogP contribution >= 0.6 is 0 Å². The fourth-order valence-electron chi connectivity index (χ4n) is 2.98. The summed E-state index contributed by atoms with van der Waals surface area (Å²) in [6.07, 6.45) is 2.11. The van der Waals surface area contributed by atoms with Gasteiger partial charge < -0.3 is 4.42 Å². The van der Waals surface area contributed by atoms with Crippen molar-refractivity contribution in [2.45, 2.75) is 24.2 Å². The van der Waals surface area contributed by atoms with Gasteiger partial charge in [-0.15, -0.1) is 0 Å². The average molecular weight is 414 g/mol. The largest absolute Gasteiger partial charge is 0.440 e. The Morgan fingerprint density at radius 3 is 2.41 bits per heavy atom. The zero-order chi connectivity index (χ0) is 21.0. The number of aromatic nitrogens is 1. The highest BCUT2D eigenvalue weighted by Gasteiger charge is 2.22. The van der Waals surface area contributed by atoms with Gasteiger partial charge in [0.1, 0.15) is 5.69 Å². The zero-order valence-electron chi connectivity index (χ0n) is 16.2. The minimum absolute atomic E-state index is 0.144. The van der Waals surface area contributed by atoms with Gasteiger partial charge in [-0.25, -0.2) is 18.5 Å². The minimum Gasteiger partial charge on any atom is -0.440 e. The van der Waals surface area contributed by atoms with Crippen LogP contribution in [-0.2, 0) is 21.1 Å². The SMILES string of the molecule is CN(O)C(=O)CCCc1nc(-c2ccccc2S(C)(=O)=O)c(-c2ccccc2)o1. The number of carbonyl (C=O) groups excluding carboxylic acids is 1. The standard InChI is InChI=1S/C21H22N2O5S/c1-23(25)19(24)14-8-13-18-22-20(21(28-18)15-9-4-3-5-10-15)16-11-6-7-12-17(16)29(2,26)27/h3-7,9-12,25H,8,13-14H2,1-2H3. The molecule has 3 aromatic rings. The first-order chi connectivity index (χ1) is 13.8. The molecule has 2 aromatic carbocycles. The molecule has 3 rings (SSSR count). The fourth-order valence-corrected chi connectivity index (χ4v) is 3.87. The maximum Gasteiger partial charge on any atom is 0.245 e. The highest BCUT2D eigenvalue weighted by Crippen LogP contribution is 2.36. The van der Waals surface area contributed by atoms with Crippen molar-refractivity contribution in [1.82, 2.24) is 10.0 Å². The summed E-state index contributed by atoms with van der Waals surface area (Å²) in [6, 6.07) is 16.0. The second-order valence-electron chi connectivity index (χ2n) is 6.69. The number of oxazole rings is 1. The monoisotopic (exact) mass is 414 g/mol. The maximum absolute atomic E-state index is 12.3. The highest BCUT2D eigenvalue weighted by molar-refractivity contribution is 7.90. The van der Waals surface area contributed by atoms with Crippen molar-refractivity contribution in [2.24, 2.45) is 0 Å². The summed E-state index contributed by atoms with van der Waals surface area (Å²) in [5.41, 5.74) is 1.68. The zero-order valence-corrected chi connectivity index (χ0v) is 17.0. The van der Waals surface area contributed by atoms with Crippen LogP contribution in [0.2, 0.25) is 0 Å². The summed E-state index contributed by atoms with van der Waals surface area (Å²) >= 11 is 0. The minimum atomic E-state index is -3.47. The van der Waals surface area contributed by atoms with Crippen molar-refractivity contribution in [1.29, 1.82) is 0 Å². The second kappa shape index (κ2) is 8.59. The molecule has 0 saturated carbocycles. The molecule has 1 heterocycles. The highest BCUT2D eigenvalue weighted by atomic mass is 32.2. The van der Waals surface area contributed by atoms with Gasteiger partial charge in [0.25, 0.3) is 0 Å². The van der Waals surface area contributed by atoms with Gasteiger partial charge in [-0.3, -0.25) is 10.0 Å². The third-order valence-electron chi connectivity index (χ3n) is 4.39. The number of sulfone groups is 1. The Balaban J connectivity index is 2.03. The van der Waals surface area contributed by atoms with E-state index in [0.29, 0.717) is 40.8 Å². The summed E-state index contributed by atoms with van der Waals surface area (Å²) in [4.78, 5) is 16.3. The predicted octanol–water partition coefficient (Wildman–Crippen LogP) is 3.58. The lowest BCUT2D eigenvalue weighted by Crippen LogP contribution is -2.22. The van der Waals surface area contributed by atoms with Gasteiger partial charge >= 0.3 is 0 Å². The molecule has 0 fully saturated rings. The molecule has 1 N–H and O–H groups in total. The molecule has 0 atom stereocenters. The molecule has 1 amide bonds. The van der Waals surface area contributed by atoms with Crippen LogP contribution in [0, 0.1) is 0 Å². The van der Waals surface area contributed by atoms with Crippen LogP contribution < -0.4 is 0 Å². The predicted molar refractivity (Wildman–Crippen MR) is 108 cm³/mol. The summed E-state index contributed by atoms with van der Waals surface area (Å²) in [5.74, 6) is 0.473. The van der Waals surface area contributed by atoms with E-state index < -0.39 is 15.7 Å². The molecule has 7 nitrogen and oxygen atoms in total.